The minimum atomic E-state index is -0.440. The summed E-state index contributed by atoms with van der Waals surface area (Å²) < 4.78 is 4.89. The van der Waals surface area contributed by atoms with Crippen LogP contribution in [-0.4, -0.2) is 51.5 Å². The summed E-state index contributed by atoms with van der Waals surface area (Å²) in [5, 5.41) is 21.9. The first-order valence-corrected chi connectivity index (χ1v) is 11.6. The van der Waals surface area contributed by atoms with Crippen molar-refractivity contribution in [2.75, 3.05) is 13.1 Å². The van der Waals surface area contributed by atoms with E-state index in [-0.39, 0.29) is 11.9 Å². The quantitative estimate of drug-likeness (QED) is 0.785. The lowest BCUT2D eigenvalue weighted by Gasteiger charge is -2.36. The molecule has 1 amide bonds. The minimum absolute atomic E-state index is 0.106. The molecule has 3 aliphatic rings. The van der Waals surface area contributed by atoms with E-state index in [9.17, 15) is 9.90 Å². The smallest absolute Gasteiger partial charge is 0.220 e. The summed E-state index contributed by atoms with van der Waals surface area (Å²) in [4.78, 5) is 15.0. The second-order valence-corrected chi connectivity index (χ2v) is 9.68. The number of carbonyl (C=O) groups excluding carboxylic acids is 1. The van der Waals surface area contributed by atoms with E-state index in [0.29, 0.717) is 24.2 Å². The van der Waals surface area contributed by atoms with E-state index >= 15 is 0 Å². The summed E-state index contributed by atoms with van der Waals surface area (Å²) in [5.74, 6) is 1.66. The van der Waals surface area contributed by atoms with Gasteiger partial charge in [0.05, 0.1) is 12.1 Å². The van der Waals surface area contributed by atoms with Crippen LogP contribution in [0.25, 0.3) is 11.0 Å². The van der Waals surface area contributed by atoms with Crippen molar-refractivity contribution < 1.29 is 14.5 Å². The third-order valence-corrected chi connectivity index (χ3v) is 7.53. The summed E-state index contributed by atoms with van der Waals surface area (Å²) in [6.07, 6.45) is 7.98. The van der Waals surface area contributed by atoms with Crippen LogP contribution in [0.2, 0.25) is 0 Å². The maximum Gasteiger partial charge on any atom is 0.220 e. The van der Waals surface area contributed by atoms with Gasteiger partial charge in [-0.05, 0) is 65.4 Å². The molecule has 7 nitrogen and oxygen atoms in total. The van der Waals surface area contributed by atoms with Gasteiger partial charge in [0.1, 0.15) is 11.0 Å². The summed E-state index contributed by atoms with van der Waals surface area (Å²) in [7, 11) is 0. The Hall–Kier alpha value is -1.99. The Kier molecular flexibility index (Phi) is 5.74. The predicted octanol–water partition coefficient (Wildman–Crippen LogP) is 2.88. The lowest BCUT2D eigenvalue weighted by Crippen LogP contribution is -2.49. The fourth-order valence-corrected chi connectivity index (χ4v) is 5.96. The topological polar surface area (TPSA) is 91.5 Å². The van der Waals surface area contributed by atoms with Crippen LogP contribution in [-0.2, 0) is 11.3 Å². The molecule has 30 heavy (non-hydrogen) atoms. The van der Waals surface area contributed by atoms with Crippen LogP contribution < -0.4 is 5.32 Å². The highest BCUT2D eigenvalue weighted by Crippen LogP contribution is 2.37. The average Bonchev–Trinajstić information content (AvgIpc) is 3.36. The zero-order valence-corrected chi connectivity index (χ0v) is 17.5. The highest BCUT2D eigenvalue weighted by Gasteiger charge is 2.42. The number of aromatic nitrogens is 2. The molecule has 162 valence electrons. The molecule has 0 radical (unpaired) electrons. The van der Waals surface area contributed by atoms with E-state index in [2.05, 4.69) is 26.6 Å². The van der Waals surface area contributed by atoms with Crippen molar-refractivity contribution in [2.24, 2.45) is 17.8 Å². The first kappa shape index (κ1) is 19.9. The van der Waals surface area contributed by atoms with E-state index in [1.54, 1.807) is 0 Å². The number of hydrogen-bond donors (Lipinski definition) is 2. The van der Waals surface area contributed by atoms with E-state index in [1.165, 1.54) is 32.1 Å². The molecular formula is C23H32N4O3. The number of carbonyl (C=O) groups is 1. The molecular weight excluding hydrogens is 380 g/mol. The highest BCUT2D eigenvalue weighted by atomic mass is 16.6. The molecule has 2 heterocycles. The summed E-state index contributed by atoms with van der Waals surface area (Å²) in [6, 6.07) is 5.88. The van der Waals surface area contributed by atoms with Gasteiger partial charge in [0.2, 0.25) is 5.91 Å². The van der Waals surface area contributed by atoms with Gasteiger partial charge in [-0.15, -0.1) is 0 Å². The van der Waals surface area contributed by atoms with Gasteiger partial charge >= 0.3 is 0 Å². The second kappa shape index (κ2) is 8.63. The van der Waals surface area contributed by atoms with Crippen LogP contribution in [0.15, 0.2) is 22.8 Å². The molecule has 1 aliphatic heterocycles. The third kappa shape index (κ3) is 4.23. The Morgan fingerprint density at radius 3 is 2.77 bits per heavy atom. The van der Waals surface area contributed by atoms with Crippen LogP contribution in [0, 0.1) is 17.8 Å². The molecule has 2 aliphatic carbocycles. The maximum absolute atomic E-state index is 12.6. The molecule has 2 aromatic rings. The monoisotopic (exact) mass is 412 g/mol. The molecule has 4 atom stereocenters. The molecule has 5 rings (SSSR count). The molecule has 2 saturated carbocycles. The Balaban J connectivity index is 1.17. The van der Waals surface area contributed by atoms with Crippen LogP contribution in [0.4, 0.5) is 0 Å². The van der Waals surface area contributed by atoms with Crippen LogP contribution in [0.3, 0.4) is 0 Å². The number of likely N-dealkylation sites (tertiary alicyclic amines) is 1. The number of benzene rings is 1. The minimum Gasteiger partial charge on any atom is -0.391 e. The lowest BCUT2D eigenvalue weighted by molar-refractivity contribution is -0.124. The van der Waals surface area contributed by atoms with Crippen molar-refractivity contribution in [2.45, 2.75) is 70.1 Å². The number of rotatable bonds is 5. The van der Waals surface area contributed by atoms with Crippen molar-refractivity contribution in [3.63, 3.8) is 0 Å². The van der Waals surface area contributed by atoms with Crippen molar-refractivity contribution in [1.29, 1.82) is 0 Å². The molecule has 2 N–H and O–H groups in total. The van der Waals surface area contributed by atoms with Gasteiger partial charge < -0.3 is 10.4 Å². The van der Waals surface area contributed by atoms with Gasteiger partial charge in [-0.3, -0.25) is 9.69 Å². The van der Waals surface area contributed by atoms with Crippen molar-refractivity contribution in [3.05, 3.63) is 23.8 Å². The van der Waals surface area contributed by atoms with Crippen molar-refractivity contribution in [1.82, 2.24) is 20.5 Å². The Bertz CT molecular complexity index is 878. The number of aliphatic hydroxyl groups is 1. The number of nitrogens with one attached hydrogen (secondary N) is 1. The Morgan fingerprint density at radius 1 is 1.13 bits per heavy atom. The predicted molar refractivity (Wildman–Crippen MR) is 112 cm³/mol. The Morgan fingerprint density at radius 2 is 1.93 bits per heavy atom. The summed E-state index contributed by atoms with van der Waals surface area (Å²) in [5.41, 5.74) is 2.76. The molecule has 3 fully saturated rings. The fourth-order valence-electron chi connectivity index (χ4n) is 5.96. The molecule has 1 aromatic heterocycles. The highest BCUT2D eigenvalue weighted by molar-refractivity contribution is 5.77. The van der Waals surface area contributed by atoms with E-state index in [1.807, 2.05) is 12.1 Å². The van der Waals surface area contributed by atoms with Gasteiger partial charge in [-0.1, -0.05) is 31.4 Å². The first-order valence-electron chi connectivity index (χ1n) is 11.6. The van der Waals surface area contributed by atoms with Gasteiger partial charge in [0.25, 0.3) is 0 Å². The van der Waals surface area contributed by atoms with Gasteiger partial charge in [0, 0.05) is 26.1 Å². The normalized spacial score (nSPS) is 30.4. The lowest BCUT2D eigenvalue weighted by atomic mass is 9.77. The Labute approximate surface area is 177 Å². The van der Waals surface area contributed by atoms with E-state index in [0.717, 1.165) is 49.1 Å². The van der Waals surface area contributed by atoms with Gasteiger partial charge in [-0.2, -0.15) is 0 Å². The third-order valence-electron chi connectivity index (χ3n) is 7.53. The number of amides is 1. The number of aliphatic hydroxyl groups excluding tert-OH is 1. The molecule has 0 unspecified atom stereocenters. The zero-order valence-electron chi connectivity index (χ0n) is 17.5. The maximum atomic E-state index is 12.6. The SMILES string of the molecule is O=C(CC1CCCCC1)N[C@H]1C[C@H]2CN(Cc3cccc4nonc34)C[C@H]2C[C@@H]1O. The second-order valence-electron chi connectivity index (χ2n) is 9.68. The number of nitrogens with zero attached hydrogens (tertiary/aromatic N) is 3. The molecule has 7 heteroatoms. The molecule has 0 bridgehead atoms. The largest absolute Gasteiger partial charge is 0.391 e. The van der Waals surface area contributed by atoms with Gasteiger partial charge in [-0.25, -0.2) is 4.63 Å². The molecule has 1 saturated heterocycles. The van der Waals surface area contributed by atoms with Crippen LogP contribution in [0.5, 0.6) is 0 Å². The van der Waals surface area contributed by atoms with Crippen LogP contribution >= 0.6 is 0 Å². The van der Waals surface area contributed by atoms with Gasteiger partial charge in [0.15, 0.2) is 0 Å². The zero-order chi connectivity index (χ0) is 20.5. The van der Waals surface area contributed by atoms with Crippen molar-refractivity contribution in [3.8, 4) is 0 Å². The standard InChI is InChI=1S/C23H32N4O3/c28-21-11-18-14-27(12-16-7-4-8-19-23(16)26-30-25-19)13-17(18)10-20(21)24-22(29)9-15-5-2-1-3-6-15/h4,7-8,15,17-18,20-21,28H,1-3,5-6,9-14H2,(H,24,29)/t17-,18+,20-,21-/m0/s1. The molecule has 1 aromatic carbocycles. The van der Waals surface area contributed by atoms with E-state index < -0.39 is 6.10 Å². The number of hydrogen-bond acceptors (Lipinski definition) is 6. The summed E-state index contributed by atoms with van der Waals surface area (Å²) in [6.45, 7) is 2.79. The first-order chi connectivity index (χ1) is 14.7. The average molecular weight is 413 g/mol. The van der Waals surface area contributed by atoms with Crippen LogP contribution in [0.1, 0.15) is 56.9 Å². The number of fused-ring (bicyclic) bond motifs is 2. The fraction of sp³-hybridized carbons (Fsp3) is 0.696. The molecule has 0 spiro atoms. The van der Waals surface area contributed by atoms with Crippen molar-refractivity contribution >= 4 is 16.9 Å². The summed E-state index contributed by atoms with van der Waals surface area (Å²) >= 11 is 0. The van der Waals surface area contributed by atoms with E-state index in [4.69, 9.17) is 4.63 Å².